The van der Waals surface area contributed by atoms with Gasteiger partial charge in [-0.1, -0.05) is 12.1 Å². The Kier molecular flexibility index (Phi) is 2.21. The minimum absolute atomic E-state index is 0.229. The van der Waals surface area contributed by atoms with Gasteiger partial charge in [-0.25, -0.2) is 0 Å². The second-order valence-corrected chi connectivity index (χ2v) is 3.68. The number of hydrogen-bond donors (Lipinski definition) is 2. The Morgan fingerprint density at radius 3 is 2.93 bits per heavy atom. The Hall–Kier alpha value is -1.06. The van der Waals surface area contributed by atoms with E-state index in [1.165, 1.54) is 0 Å². The maximum atomic E-state index is 10.1. The number of rotatable bonds is 2. The standard InChI is InChI=1S/C11H14O3/c1-14-10-4-2-3-9-8(10)5-6-11(9,13)7-12/h2-4,12-13H,5-7H2,1H3/t11-/m0/s1. The summed E-state index contributed by atoms with van der Waals surface area (Å²) >= 11 is 0. The van der Waals surface area contributed by atoms with Crippen LogP contribution in [0.2, 0.25) is 0 Å². The van der Waals surface area contributed by atoms with E-state index in [2.05, 4.69) is 0 Å². The molecular formula is C11H14O3. The van der Waals surface area contributed by atoms with Crippen molar-refractivity contribution >= 4 is 0 Å². The number of methoxy groups -OCH3 is 1. The van der Waals surface area contributed by atoms with E-state index in [9.17, 15) is 5.11 Å². The molecule has 1 aliphatic carbocycles. The highest BCUT2D eigenvalue weighted by molar-refractivity contribution is 5.46. The van der Waals surface area contributed by atoms with E-state index < -0.39 is 5.60 Å². The average Bonchev–Trinajstić information content (AvgIpc) is 2.58. The first-order valence-corrected chi connectivity index (χ1v) is 4.71. The Bertz CT molecular complexity index is 348. The van der Waals surface area contributed by atoms with Crippen LogP contribution in [-0.4, -0.2) is 23.9 Å². The monoisotopic (exact) mass is 194 g/mol. The highest BCUT2D eigenvalue weighted by Gasteiger charge is 2.37. The molecule has 1 atom stereocenters. The van der Waals surface area contributed by atoms with Gasteiger partial charge in [-0.3, -0.25) is 0 Å². The van der Waals surface area contributed by atoms with Gasteiger partial charge in [-0.05, 0) is 24.5 Å². The van der Waals surface area contributed by atoms with Gasteiger partial charge < -0.3 is 14.9 Å². The molecule has 1 aromatic rings. The van der Waals surface area contributed by atoms with Crippen molar-refractivity contribution in [3.05, 3.63) is 29.3 Å². The largest absolute Gasteiger partial charge is 0.496 e. The number of ether oxygens (including phenoxy) is 1. The van der Waals surface area contributed by atoms with Gasteiger partial charge >= 0.3 is 0 Å². The van der Waals surface area contributed by atoms with Crippen LogP contribution in [0.15, 0.2) is 18.2 Å². The first kappa shape index (κ1) is 9.49. The first-order valence-electron chi connectivity index (χ1n) is 4.71. The molecule has 0 amide bonds. The summed E-state index contributed by atoms with van der Waals surface area (Å²) in [5.41, 5.74) is 0.759. The van der Waals surface area contributed by atoms with Crippen LogP contribution in [0.25, 0.3) is 0 Å². The molecule has 1 aromatic carbocycles. The predicted octanol–water partition coefficient (Wildman–Crippen LogP) is 0.821. The second-order valence-electron chi connectivity index (χ2n) is 3.68. The third-order valence-electron chi connectivity index (χ3n) is 2.90. The van der Waals surface area contributed by atoms with E-state index in [4.69, 9.17) is 9.84 Å². The quantitative estimate of drug-likeness (QED) is 0.733. The van der Waals surface area contributed by atoms with Crippen LogP contribution in [0.5, 0.6) is 5.75 Å². The van der Waals surface area contributed by atoms with Gasteiger partial charge in [0.05, 0.1) is 13.7 Å². The smallest absolute Gasteiger partial charge is 0.122 e. The highest BCUT2D eigenvalue weighted by Crippen LogP contribution is 2.40. The number of benzene rings is 1. The Labute approximate surface area is 83.0 Å². The Balaban J connectivity index is 2.52. The Morgan fingerprint density at radius 1 is 1.50 bits per heavy atom. The molecule has 1 aliphatic rings. The average molecular weight is 194 g/mol. The van der Waals surface area contributed by atoms with E-state index >= 15 is 0 Å². The molecule has 14 heavy (non-hydrogen) atoms. The number of hydrogen-bond acceptors (Lipinski definition) is 3. The van der Waals surface area contributed by atoms with Crippen molar-refractivity contribution in [2.75, 3.05) is 13.7 Å². The molecule has 2 rings (SSSR count). The van der Waals surface area contributed by atoms with E-state index in [-0.39, 0.29) is 6.61 Å². The molecule has 2 N–H and O–H groups in total. The lowest BCUT2D eigenvalue weighted by atomic mass is 9.97. The highest BCUT2D eigenvalue weighted by atomic mass is 16.5. The predicted molar refractivity (Wildman–Crippen MR) is 52.3 cm³/mol. The molecule has 0 heterocycles. The van der Waals surface area contributed by atoms with Gasteiger partial charge in [0, 0.05) is 5.56 Å². The van der Waals surface area contributed by atoms with Crippen LogP contribution < -0.4 is 4.74 Å². The molecule has 0 aromatic heterocycles. The zero-order chi connectivity index (χ0) is 10.2. The third kappa shape index (κ3) is 1.21. The van der Waals surface area contributed by atoms with E-state index in [0.29, 0.717) is 6.42 Å². The van der Waals surface area contributed by atoms with Crippen LogP contribution in [0, 0.1) is 0 Å². The van der Waals surface area contributed by atoms with Crippen molar-refractivity contribution < 1.29 is 14.9 Å². The lowest BCUT2D eigenvalue weighted by molar-refractivity contribution is -0.0172. The van der Waals surface area contributed by atoms with Crippen molar-refractivity contribution in [2.45, 2.75) is 18.4 Å². The molecule has 0 aliphatic heterocycles. The van der Waals surface area contributed by atoms with Gasteiger partial charge in [0.15, 0.2) is 0 Å². The molecule has 0 unspecified atom stereocenters. The molecule has 0 saturated heterocycles. The number of fused-ring (bicyclic) bond motifs is 1. The SMILES string of the molecule is COc1cccc2c1CC[C@]2(O)CO. The van der Waals surface area contributed by atoms with Crippen LogP contribution in [-0.2, 0) is 12.0 Å². The number of aliphatic hydroxyl groups is 2. The Morgan fingerprint density at radius 2 is 2.29 bits per heavy atom. The molecule has 0 saturated carbocycles. The van der Waals surface area contributed by atoms with Crippen LogP contribution >= 0.6 is 0 Å². The van der Waals surface area contributed by atoms with Crippen molar-refractivity contribution in [1.82, 2.24) is 0 Å². The molecule has 0 fully saturated rings. The van der Waals surface area contributed by atoms with Crippen LogP contribution in [0.4, 0.5) is 0 Å². The fourth-order valence-electron chi connectivity index (χ4n) is 2.08. The van der Waals surface area contributed by atoms with Gasteiger partial charge in [0.1, 0.15) is 11.4 Å². The summed E-state index contributed by atoms with van der Waals surface area (Å²) in [6, 6.07) is 5.56. The van der Waals surface area contributed by atoms with Gasteiger partial charge in [-0.2, -0.15) is 0 Å². The molecule has 0 bridgehead atoms. The minimum Gasteiger partial charge on any atom is -0.496 e. The summed E-state index contributed by atoms with van der Waals surface area (Å²) < 4.78 is 5.20. The third-order valence-corrected chi connectivity index (χ3v) is 2.90. The summed E-state index contributed by atoms with van der Waals surface area (Å²) in [4.78, 5) is 0. The molecule has 3 heteroatoms. The molecule has 0 radical (unpaired) electrons. The molecular weight excluding hydrogens is 180 g/mol. The molecule has 3 nitrogen and oxygen atoms in total. The fraction of sp³-hybridized carbons (Fsp3) is 0.455. The van der Waals surface area contributed by atoms with E-state index in [1.54, 1.807) is 7.11 Å². The molecule has 76 valence electrons. The summed E-state index contributed by atoms with van der Waals surface area (Å²) in [6.45, 7) is -0.229. The number of aliphatic hydroxyl groups excluding tert-OH is 1. The fourth-order valence-corrected chi connectivity index (χ4v) is 2.08. The van der Waals surface area contributed by atoms with Crippen LogP contribution in [0.3, 0.4) is 0 Å². The minimum atomic E-state index is -1.07. The second kappa shape index (κ2) is 3.26. The van der Waals surface area contributed by atoms with Crippen LogP contribution in [0.1, 0.15) is 17.5 Å². The van der Waals surface area contributed by atoms with E-state index in [0.717, 1.165) is 23.3 Å². The normalized spacial score (nSPS) is 24.8. The molecule has 0 spiro atoms. The van der Waals surface area contributed by atoms with Gasteiger partial charge in [-0.15, -0.1) is 0 Å². The zero-order valence-corrected chi connectivity index (χ0v) is 8.16. The lowest BCUT2D eigenvalue weighted by Gasteiger charge is -2.20. The van der Waals surface area contributed by atoms with Gasteiger partial charge in [0.25, 0.3) is 0 Å². The maximum absolute atomic E-state index is 10.1. The van der Waals surface area contributed by atoms with Crippen molar-refractivity contribution in [1.29, 1.82) is 0 Å². The lowest BCUT2D eigenvalue weighted by Crippen LogP contribution is -2.26. The maximum Gasteiger partial charge on any atom is 0.122 e. The summed E-state index contributed by atoms with van der Waals surface area (Å²) in [5, 5.41) is 19.2. The first-order chi connectivity index (χ1) is 6.71. The summed E-state index contributed by atoms with van der Waals surface area (Å²) in [6.07, 6.45) is 1.33. The summed E-state index contributed by atoms with van der Waals surface area (Å²) in [5.74, 6) is 0.798. The van der Waals surface area contributed by atoms with Gasteiger partial charge in [0.2, 0.25) is 0 Å². The summed E-state index contributed by atoms with van der Waals surface area (Å²) in [7, 11) is 1.62. The van der Waals surface area contributed by atoms with Crippen molar-refractivity contribution in [3.8, 4) is 5.75 Å². The van der Waals surface area contributed by atoms with Crippen molar-refractivity contribution in [2.24, 2.45) is 0 Å². The van der Waals surface area contributed by atoms with Crippen molar-refractivity contribution in [3.63, 3.8) is 0 Å². The van der Waals surface area contributed by atoms with E-state index in [1.807, 2.05) is 18.2 Å². The topological polar surface area (TPSA) is 49.7 Å². The zero-order valence-electron chi connectivity index (χ0n) is 8.16.